The molecule has 0 atom stereocenters. The van der Waals surface area contributed by atoms with Crippen LogP contribution in [0.1, 0.15) is 0 Å². The fourth-order valence-corrected chi connectivity index (χ4v) is 2.59. The Kier molecular flexibility index (Phi) is 3.64. The molecule has 0 unspecified atom stereocenters. The molecule has 2 aromatic carbocycles. The molecule has 0 N–H and O–H groups in total. The molecule has 0 aliphatic rings. The number of hydrogen-bond acceptors (Lipinski definition) is 4. The van der Waals surface area contributed by atoms with Gasteiger partial charge in [-0.1, -0.05) is 23.2 Å². The predicted octanol–water partition coefficient (Wildman–Crippen LogP) is 4.58. The third-order valence-electron chi connectivity index (χ3n) is 3.11. The summed E-state index contributed by atoms with van der Waals surface area (Å²) in [6.07, 6.45) is 1.69. The normalized spacial score (nSPS) is 10.9. The third-order valence-corrected chi connectivity index (χ3v) is 3.67. The highest BCUT2D eigenvalue weighted by molar-refractivity contribution is 6.37. The van der Waals surface area contributed by atoms with Gasteiger partial charge in [-0.3, -0.25) is 10.1 Å². The summed E-state index contributed by atoms with van der Waals surface area (Å²) in [6.45, 7) is 0. The van der Waals surface area contributed by atoms with Gasteiger partial charge in [0.25, 0.3) is 5.69 Å². The van der Waals surface area contributed by atoms with Gasteiger partial charge in [-0.05, 0) is 12.1 Å². The van der Waals surface area contributed by atoms with Gasteiger partial charge in [0, 0.05) is 25.2 Å². The van der Waals surface area contributed by atoms with Crippen molar-refractivity contribution in [1.82, 2.24) is 9.55 Å². The zero-order valence-electron chi connectivity index (χ0n) is 11.3. The molecule has 0 radical (unpaired) electrons. The van der Waals surface area contributed by atoms with Crippen molar-refractivity contribution in [2.45, 2.75) is 0 Å². The Balaban J connectivity index is 2.01. The molecule has 0 fully saturated rings. The molecular weight excluding hydrogens is 329 g/mol. The second-order valence-electron chi connectivity index (χ2n) is 4.60. The number of hydrogen-bond donors (Lipinski definition) is 0. The van der Waals surface area contributed by atoms with Gasteiger partial charge in [0.1, 0.15) is 5.75 Å². The fourth-order valence-electron chi connectivity index (χ4n) is 2.04. The number of nitro benzene ring substituents is 1. The summed E-state index contributed by atoms with van der Waals surface area (Å²) in [5.41, 5.74) is 1.52. The molecule has 22 heavy (non-hydrogen) atoms. The molecule has 1 aromatic heterocycles. The van der Waals surface area contributed by atoms with E-state index in [0.29, 0.717) is 5.75 Å². The van der Waals surface area contributed by atoms with Crippen molar-refractivity contribution in [3.05, 3.63) is 56.8 Å². The Morgan fingerprint density at radius 1 is 1.23 bits per heavy atom. The number of aromatic nitrogens is 2. The third kappa shape index (κ3) is 2.58. The smallest absolute Gasteiger partial charge is 0.272 e. The quantitative estimate of drug-likeness (QED) is 0.518. The molecule has 0 aliphatic carbocycles. The van der Waals surface area contributed by atoms with Gasteiger partial charge in [0.15, 0.2) is 5.75 Å². The van der Waals surface area contributed by atoms with Gasteiger partial charge < -0.3 is 9.30 Å². The number of fused-ring (bicyclic) bond motifs is 1. The number of ether oxygens (including phenoxy) is 1. The first-order valence-electron chi connectivity index (χ1n) is 6.18. The molecule has 0 saturated heterocycles. The Hall–Kier alpha value is -2.31. The van der Waals surface area contributed by atoms with Crippen LogP contribution in [0.4, 0.5) is 5.69 Å². The van der Waals surface area contributed by atoms with E-state index in [1.54, 1.807) is 24.5 Å². The largest absolute Gasteiger partial charge is 0.454 e. The molecule has 3 rings (SSSR count). The first-order chi connectivity index (χ1) is 10.5. The summed E-state index contributed by atoms with van der Waals surface area (Å²) in [6, 6.07) is 7.72. The standard InChI is InChI=1S/C14H9Cl2N3O3/c1-18-7-17-12-3-2-9(6-13(12)18)22-14-10(15)4-8(19(20)21)5-11(14)16/h2-7H,1H3. The highest BCUT2D eigenvalue weighted by Crippen LogP contribution is 2.39. The minimum atomic E-state index is -0.566. The number of non-ortho nitro benzene ring substituents is 1. The van der Waals surface area contributed by atoms with Crippen LogP contribution in [0.3, 0.4) is 0 Å². The van der Waals surface area contributed by atoms with Crippen molar-refractivity contribution >= 4 is 39.9 Å². The molecule has 1 heterocycles. The summed E-state index contributed by atoms with van der Waals surface area (Å²) >= 11 is 12.1. The van der Waals surface area contributed by atoms with E-state index in [1.165, 1.54) is 12.1 Å². The molecule has 0 aliphatic heterocycles. The van der Waals surface area contributed by atoms with E-state index in [0.717, 1.165) is 11.0 Å². The average molecular weight is 338 g/mol. The van der Waals surface area contributed by atoms with Crippen molar-refractivity contribution in [3.8, 4) is 11.5 Å². The molecule has 8 heteroatoms. The van der Waals surface area contributed by atoms with Crippen LogP contribution < -0.4 is 4.74 Å². The molecule has 0 saturated carbocycles. The lowest BCUT2D eigenvalue weighted by Gasteiger charge is -2.09. The van der Waals surface area contributed by atoms with E-state index < -0.39 is 4.92 Å². The van der Waals surface area contributed by atoms with Crippen molar-refractivity contribution < 1.29 is 9.66 Å². The van der Waals surface area contributed by atoms with Gasteiger partial charge in [-0.15, -0.1) is 0 Å². The molecular formula is C14H9Cl2N3O3. The highest BCUT2D eigenvalue weighted by atomic mass is 35.5. The summed E-state index contributed by atoms with van der Waals surface area (Å²) in [5.74, 6) is 0.684. The van der Waals surface area contributed by atoms with E-state index in [2.05, 4.69) is 4.98 Å². The molecule has 0 spiro atoms. The summed E-state index contributed by atoms with van der Waals surface area (Å²) in [4.78, 5) is 14.4. The number of benzene rings is 2. The van der Waals surface area contributed by atoms with Crippen LogP contribution in [0.15, 0.2) is 36.7 Å². The highest BCUT2D eigenvalue weighted by Gasteiger charge is 2.16. The van der Waals surface area contributed by atoms with Gasteiger partial charge in [0.05, 0.1) is 32.3 Å². The van der Waals surface area contributed by atoms with Crippen molar-refractivity contribution in [2.75, 3.05) is 0 Å². The molecule has 112 valence electrons. The van der Waals surface area contributed by atoms with Crippen LogP contribution >= 0.6 is 23.2 Å². The van der Waals surface area contributed by atoms with Gasteiger partial charge >= 0.3 is 0 Å². The van der Waals surface area contributed by atoms with Crippen LogP contribution in [-0.4, -0.2) is 14.5 Å². The van der Waals surface area contributed by atoms with Gasteiger partial charge in [-0.25, -0.2) is 4.98 Å². The number of halogens is 2. The van der Waals surface area contributed by atoms with E-state index in [-0.39, 0.29) is 21.5 Å². The van der Waals surface area contributed by atoms with Gasteiger partial charge in [-0.2, -0.15) is 0 Å². The zero-order chi connectivity index (χ0) is 15.9. The average Bonchev–Trinajstić information content (AvgIpc) is 2.84. The maximum Gasteiger partial charge on any atom is 0.272 e. The minimum Gasteiger partial charge on any atom is -0.454 e. The molecule has 0 amide bonds. The predicted molar refractivity (Wildman–Crippen MR) is 83.9 cm³/mol. The van der Waals surface area contributed by atoms with Crippen LogP contribution in [0.25, 0.3) is 11.0 Å². The van der Waals surface area contributed by atoms with Crippen molar-refractivity contribution in [1.29, 1.82) is 0 Å². The minimum absolute atomic E-state index is 0.0734. The van der Waals surface area contributed by atoms with E-state index >= 15 is 0 Å². The topological polar surface area (TPSA) is 70.2 Å². The Morgan fingerprint density at radius 3 is 2.55 bits per heavy atom. The van der Waals surface area contributed by atoms with Crippen LogP contribution in [0.2, 0.25) is 10.0 Å². The molecule has 3 aromatic rings. The lowest BCUT2D eigenvalue weighted by atomic mass is 10.2. The van der Waals surface area contributed by atoms with E-state index in [4.69, 9.17) is 27.9 Å². The van der Waals surface area contributed by atoms with Crippen molar-refractivity contribution in [3.63, 3.8) is 0 Å². The Morgan fingerprint density at radius 2 is 1.91 bits per heavy atom. The van der Waals surface area contributed by atoms with Crippen LogP contribution in [0, 0.1) is 10.1 Å². The first kappa shape index (κ1) is 14.6. The number of imidazole rings is 1. The summed E-state index contributed by atoms with van der Waals surface area (Å²) in [5, 5.41) is 10.9. The van der Waals surface area contributed by atoms with Crippen LogP contribution in [0.5, 0.6) is 11.5 Å². The molecule has 6 nitrogen and oxygen atoms in total. The second-order valence-corrected chi connectivity index (χ2v) is 5.42. The number of nitro groups is 1. The zero-order valence-corrected chi connectivity index (χ0v) is 12.8. The fraction of sp³-hybridized carbons (Fsp3) is 0.0714. The number of rotatable bonds is 3. The second kappa shape index (κ2) is 5.47. The maximum absolute atomic E-state index is 10.8. The van der Waals surface area contributed by atoms with Crippen LogP contribution in [-0.2, 0) is 7.05 Å². The van der Waals surface area contributed by atoms with Crippen molar-refractivity contribution in [2.24, 2.45) is 7.05 Å². The monoisotopic (exact) mass is 337 g/mol. The first-order valence-corrected chi connectivity index (χ1v) is 6.93. The number of aryl methyl sites for hydroxylation is 1. The summed E-state index contributed by atoms with van der Waals surface area (Å²) in [7, 11) is 1.87. The Bertz CT molecular complexity index is 869. The maximum atomic E-state index is 10.8. The van der Waals surface area contributed by atoms with E-state index in [9.17, 15) is 10.1 Å². The van der Waals surface area contributed by atoms with Gasteiger partial charge in [0.2, 0.25) is 0 Å². The lowest BCUT2D eigenvalue weighted by Crippen LogP contribution is -1.92. The molecule has 0 bridgehead atoms. The number of nitrogens with zero attached hydrogens (tertiary/aromatic N) is 3. The SMILES string of the molecule is Cn1cnc2ccc(Oc3c(Cl)cc([N+](=O)[O-])cc3Cl)cc21. The van der Waals surface area contributed by atoms with E-state index in [1.807, 2.05) is 11.6 Å². The Labute approximate surface area is 135 Å². The lowest BCUT2D eigenvalue weighted by molar-refractivity contribution is -0.384. The summed E-state index contributed by atoms with van der Waals surface area (Å²) < 4.78 is 7.53.